The number of piperazine rings is 1. The summed E-state index contributed by atoms with van der Waals surface area (Å²) in [6, 6.07) is 14.5. The fraction of sp³-hybridized carbons (Fsp3) is 0.211. The van der Waals surface area contributed by atoms with Crippen molar-refractivity contribution < 1.29 is 4.39 Å². The number of rotatable bonds is 3. The van der Waals surface area contributed by atoms with Crippen LogP contribution in [0.5, 0.6) is 0 Å². The third kappa shape index (κ3) is 3.62. The first-order valence-electron chi connectivity index (χ1n) is 8.16. The SMILES string of the molecule is Fc1ccc(N2CCN(c3nc(-c4ccc(Cl)cc4)cs3)CC2)cc1. The van der Waals surface area contributed by atoms with Crippen molar-refractivity contribution in [1.29, 1.82) is 0 Å². The number of aromatic nitrogens is 1. The van der Waals surface area contributed by atoms with Gasteiger partial charge in [-0.25, -0.2) is 9.37 Å². The first-order valence-corrected chi connectivity index (χ1v) is 9.42. The molecule has 128 valence electrons. The molecule has 1 aliphatic rings. The molecule has 6 heteroatoms. The van der Waals surface area contributed by atoms with Crippen molar-refractivity contribution in [3.8, 4) is 11.3 Å². The van der Waals surface area contributed by atoms with Crippen LogP contribution in [0.4, 0.5) is 15.2 Å². The molecular weight excluding hydrogens is 357 g/mol. The summed E-state index contributed by atoms with van der Waals surface area (Å²) in [6.07, 6.45) is 0. The van der Waals surface area contributed by atoms with Crippen molar-refractivity contribution in [2.24, 2.45) is 0 Å². The minimum Gasteiger partial charge on any atom is -0.368 e. The van der Waals surface area contributed by atoms with Gasteiger partial charge in [-0.3, -0.25) is 0 Å². The third-order valence-corrected chi connectivity index (χ3v) is 5.53. The molecule has 1 saturated heterocycles. The second-order valence-electron chi connectivity index (χ2n) is 5.97. The number of anilines is 2. The molecule has 0 spiro atoms. The van der Waals surface area contributed by atoms with Gasteiger partial charge in [0.25, 0.3) is 0 Å². The molecule has 1 aliphatic heterocycles. The van der Waals surface area contributed by atoms with E-state index in [1.165, 1.54) is 12.1 Å². The van der Waals surface area contributed by atoms with Crippen LogP contribution in [-0.4, -0.2) is 31.2 Å². The van der Waals surface area contributed by atoms with E-state index in [0.717, 1.165) is 53.3 Å². The molecule has 0 saturated carbocycles. The van der Waals surface area contributed by atoms with Crippen LogP contribution in [0.25, 0.3) is 11.3 Å². The van der Waals surface area contributed by atoms with Crippen molar-refractivity contribution in [2.45, 2.75) is 0 Å². The number of thiazole rings is 1. The number of halogens is 2. The molecule has 1 aromatic heterocycles. The summed E-state index contributed by atoms with van der Waals surface area (Å²) >= 11 is 7.62. The highest BCUT2D eigenvalue weighted by Gasteiger charge is 2.20. The second kappa shape index (κ2) is 7.02. The summed E-state index contributed by atoms with van der Waals surface area (Å²) in [5.74, 6) is -0.195. The predicted molar refractivity (Wildman–Crippen MR) is 103 cm³/mol. The molecule has 2 heterocycles. The van der Waals surface area contributed by atoms with Crippen molar-refractivity contribution in [1.82, 2.24) is 4.98 Å². The summed E-state index contributed by atoms with van der Waals surface area (Å²) in [7, 11) is 0. The van der Waals surface area contributed by atoms with Crippen LogP contribution in [-0.2, 0) is 0 Å². The number of hydrogen-bond acceptors (Lipinski definition) is 4. The van der Waals surface area contributed by atoms with E-state index in [9.17, 15) is 4.39 Å². The average Bonchev–Trinajstić information content (AvgIpc) is 3.13. The molecule has 3 aromatic rings. The molecule has 0 amide bonds. The van der Waals surface area contributed by atoms with Crippen LogP contribution >= 0.6 is 22.9 Å². The van der Waals surface area contributed by atoms with E-state index >= 15 is 0 Å². The first-order chi connectivity index (χ1) is 12.2. The maximum Gasteiger partial charge on any atom is 0.185 e. The summed E-state index contributed by atoms with van der Waals surface area (Å²) in [4.78, 5) is 9.37. The fourth-order valence-electron chi connectivity index (χ4n) is 2.97. The Balaban J connectivity index is 1.42. The number of benzene rings is 2. The van der Waals surface area contributed by atoms with E-state index in [1.54, 1.807) is 11.3 Å². The maximum atomic E-state index is 13.1. The van der Waals surface area contributed by atoms with Crippen molar-refractivity contribution >= 4 is 33.8 Å². The summed E-state index contributed by atoms with van der Waals surface area (Å²) in [6.45, 7) is 3.62. The molecule has 0 unspecified atom stereocenters. The monoisotopic (exact) mass is 373 g/mol. The van der Waals surface area contributed by atoms with Gasteiger partial charge in [0.05, 0.1) is 5.69 Å². The largest absolute Gasteiger partial charge is 0.368 e. The highest BCUT2D eigenvalue weighted by molar-refractivity contribution is 7.14. The van der Waals surface area contributed by atoms with Gasteiger partial charge < -0.3 is 9.80 Å². The molecule has 4 rings (SSSR count). The molecule has 1 fully saturated rings. The van der Waals surface area contributed by atoms with Crippen molar-refractivity contribution in [3.05, 3.63) is 64.8 Å². The lowest BCUT2D eigenvalue weighted by Crippen LogP contribution is -2.46. The van der Waals surface area contributed by atoms with Crippen molar-refractivity contribution in [2.75, 3.05) is 36.0 Å². The summed E-state index contributed by atoms with van der Waals surface area (Å²) in [5, 5.41) is 3.87. The van der Waals surface area contributed by atoms with Crippen LogP contribution in [0, 0.1) is 5.82 Å². The molecule has 0 aliphatic carbocycles. The van der Waals surface area contributed by atoms with E-state index < -0.39 is 0 Å². The van der Waals surface area contributed by atoms with Gasteiger partial charge in [0.2, 0.25) is 0 Å². The minimum atomic E-state index is -0.195. The third-order valence-electron chi connectivity index (χ3n) is 4.37. The zero-order valence-corrected chi connectivity index (χ0v) is 15.1. The fourth-order valence-corrected chi connectivity index (χ4v) is 3.99. The maximum absolute atomic E-state index is 13.1. The number of hydrogen-bond donors (Lipinski definition) is 0. The van der Waals surface area contributed by atoms with Crippen LogP contribution in [0.2, 0.25) is 5.02 Å². The van der Waals surface area contributed by atoms with Gasteiger partial charge in [-0.15, -0.1) is 11.3 Å². The van der Waals surface area contributed by atoms with Crippen LogP contribution in [0.3, 0.4) is 0 Å². The van der Waals surface area contributed by atoms with Gasteiger partial charge in [-0.1, -0.05) is 23.7 Å². The average molecular weight is 374 g/mol. The Morgan fingerprint density at radius 3 is 2.20 bits per heavy atom. The number of nitrogens with zero attached hydrogens (tertiary/aromatic N) is 3. The Morgan fingerprint density at radius 1 is 0.880 bits per heavy atom. The van der Waals surface area contributed by atoms with E-state index in [2.05, 4.69) is 15.2 Å². The van der Waals surface area contributed by atoms with Crippen LogP contribution < -0.4 is 9.80 Å². The quantitative estimate of drug-likeness (QED) is 0.649. The molecule has 25 heavy (non-hydrogen) atoms. The zero-order chi connectivity index (χ0) is 17.2. The lowest BCUT2D eigenvalue weighted by Gasteiger charge is -2.36. The normalized spacial score (nSPS) is 14.8. The molecule has 0 N–H and O–H groups in total. The Morgan fingerprint density at radius 2 is 1.52 bits per heavy atom. The van der Waals surface area contributed by atoms with Gasteiger partial charge in [-0.2, -0.15) is 0 Å². The van der Waals surface area contributed by atoms with Crippen LogP contribution in [0.1, 0.15) is 0 Å². The van der Waals surface area contributed by atoms with E-state index in [-0.39, 0.29) is 5.82 Å². The molecule has 0 atom stereocenters. The highest BCUT2D eigenvalue weighted by atomic mass is 35.5. The predicted octanol–water partition coefficient (Wildman–Crippen LogP) is 4.93. The first kappa shape index (κ1) is 16.4. The molecule has 2 aromatic carbocycles. The molecule has 0 bridgehead atoms. The second-order valence-corrected chi connectivity index (χ2v) is 7.25. The highest BCUT2D eigenvalue weighted by Crippen LogP contribution is 2.29. The van der Waals surface area contributed by atoms with E-state index in [4.69, 9.17) is 16.6 Å². The van der Waals surface area contributed by atoms with Crippen molar-refractivity contribution in [3.63, 3.8) is 0 Å². The van der Waals surface area contributed by atoms with Crippen LogP contribution in [0.15, 0.2) is 53.9 Å². The smallest absolute Gasteiger partial charge is 0.185 e. The lowest BCUT2D eigenvalue weighted by molar-refractivity contribution is 0.624. The minimum absolute atomic E-state index is 0.195. The Kier molecular flexibility index (Phi) is 4.59. The Bertz CT molecular complexity index is 840. The van der Waals surface area contributed by atoms with Gasteiger partial charge in [0.1, 0.15) is 5.82 Å². The van der Waals surface area contributed by atoms with E-state index in [0.29, 0.717) is 0 Å². The lowest BCUT2D eigenvalue weighted by atomic mass is 10.2. The van der Waals surface area contributed by atoms with Gasteiger partial charge in [0.15, 0.2) is 5.13 Å². The Hall–Kier alpha value is -2.11. The standard InChI is InChI=1S/C19H17ClFN3S/c20-15-3-1-14(2-4-15)18-13-25-19(22-18)24-11-9-23(10-12-24)17-7-5-16(21)6-8-17/h1-8,13H,9-12H2. The summed E-state index contributed by atoms with van der Waals surface area (Å²) < 4.78 is 13.1. The topological polar surface area (TPSA) is 19.4 Å². The Labute approximate surface area is 155 Å². The zero-order valence-electron chi connectivity index (χ0n) is 13.5. The van der Waals surface area contributed by atoms with Gasteiger partial charge in [-0.05, 0) is 36.4 Å². The molecule has 3 nitrogen and oxygen atoms in total. The summed E-state index contributed by atoms with van der Waals surface area (Å²) in [5.41, 5.74) is 3.14. The van der Waals surface area contributed by atoms with Gasteiger partial charge in [0, 0.05) is 47.8 Å². The van der Waals surface area contributed by atoms with E-state index in [1.807, 2.05) is 36.4 Å². The molecule has 0 radical (unpaired) electrons. The van der Waals surface area contributed by atoms with Gasteiger partial charge >= 0.3 is 0 Å². The molecular formula is C19H17ClFN3S.